The van der Waals surface area contributed by atoms with Crippen molar-refractivity contribution in [1.82, 2.24) is 10.2 Å². The van der Waals surface area contributed by atoms with Crippen LogP contribution in [0.4, 0.5) is 4.79 Å². The first-order valence-electron chi connectivity index (χ1n) is 11.0. The van der Waals surface area contributed by atoms with Crippen LogP contribution >= 0.6 is 22.6 Å². The number of esters is 1. The molecule has 0 unspecified atom stereocenters. The second kappa shape index (κ2) is 11.4. The van der Waals surface area contributed by atoms with E-state index in [1.807, 2.05) is 0 Å². The van der Waals surface area contributed by atoms with Crippen molar-refractivity contribution in [2.24, 2.45) is 0 Å². The van der Waals surface area contributed by atoms with Gasteiger partial charge in [-0.05, 0) is 76.2 Å². The highest BCUT2D eigenvalue weighted by atomic mass is 127. The van der Waals surface area contributed by atoms with E-state index >= 15 is 0 Å². The van der Waals surface area contributed by atoms with Crippen molar-refractivity contribution >= 4 is 52.5 Å². The van der Waals surface area contributed by atoms with E-state index in [4.69, 9.17) is 13.9 Å². The summed E-state index contributed by atoms with van der Waals surface area (Å²) in [6.07, 6.45) is 1.51. The highest BCUT2D eigenvalue weighted by molar-refractivity contribution is 14.1. The molecule has 196 valence electrons. The molecule has 0 aliphatic carbocycles. The van der Waals surface area contributed by atoms with Crippen molar-refractivity contribution in [3.8, 4) is 11.5 Å². The van der Waals surface area contributed by atoms with Gasteiger partial charge in [-0.25, -0.2) is 14.4 Å². The summed E-state index contributed by atoms with van der Waals surface area (Å²) in [7, 11) is 2.68. The largest absolute Gasteiger partial charge is 0.493 e. The van der Waals surface area contributed by atoms with Crippen LogP contribution in [-0.4, -0.2) is 48.1 Å². The summed E-state index contributed by atoms with van der Waals surface area (Å²) in [5.74, 6) is -1.24. The Morgan fingerprint density at radius 3 is 2.63 bits per heavy atom. The first-order chi connectivity index (χ1) is 18.2. The molecule has 1 aliphatic rings. The Morgan fingerprint density at radius 1 is 1.13 bits per heavy atom. The third-order valence-corrected chi connectivity index (χ3v) is 6.25. The lowest BCUT2D eigenvalue weighted by molar-refractivity contribution is -0.123. The standard InChI is InChI=1S/C26H21IN2O9/c1-35-21-11-15(9-18(27)22(21)37-13-14-4-3-5-16(8-14)24(31)32)10-19-23(30)29(26(34)28-19)12-17-6-7-20(38-17)25(33)36-2/h3-11H,12-13H2,1-2H3,(H,28,34)(H,31,32)/b19-10-. The van der Waals surface area contributed by atoms with Crippen molar-refractivity contribution < 1.29 is 42.9 Å². The number of nitrogens with one attached hydrogen (secondary N) is 1. The molecule has 2 N–H and O–H groups in total. The smallest absolute Gasteiger partial charge is 0.373 e. The van der Waals surface area contributed by atoms with E-state index in [9.17, 15) is 24.3 Å². The number of benzene rings is 2. The minimum absolute atomic E-state index is 0.0381. The first kappa shape index (κ1) is 26.7. The van der Waals surface area contributed by atoms with Crippen LogP contribution in [0, 0.1) is 3.57 Å². The SMILES string of the molecule is COC(=O)c1ccc(CN2C(=O)N/C(=C\c3cc(I)c(OCc4cccc(C(=O)O)c4)c(OC)c3)C2=O)o1. The van der Waals surface area contributed by atoms with Crippen molar-refractivity contribution in [3.63, 3.8) is 0 Å². The lowest BCUT2D eigenvalue weighted by Crippen LogP contribution is -2.30. The molecule has 38 heavy (non-hydrogen) atoms. The van der Waals surface area contributed by atoms with Gasteiger partial charge in [0.15, 0.2) is 11.5 Å². The zero-order chi connectivity index (χ0) is 27.4. The van der Waals surface area contributed by atoms with Gasteiger partial charge in [-0.15, -0.1) is 0 Å². The van der Waals surface area contributed by atoms with Gasteiger partial charge in [-0.2, -0.15) is 0 Å². The molecule has 3 amide bonds. The maximum Gasteiger partial charge on any atom is 0.373 e. The number of amides is 3. The summed E-state index contributed by atoms with van der Waals surface area (Å²) in [5.41, 5.74) is 1.45. The number of carboxylic acid groups (broad SMARTS) is 1. The van der Waals surface area contributed by atoms with Gasteiger partial charge in [-0.1, -0.05) is 12.1 Å². The van der Waals surface area contributed by atoms with Gasteiger partial charge in [0, 0.05) is 0 Å². The first-order valence-corrected chi connectivity index (χ1v) is 12.1. The van der Waals surface area contributed by atoms with Gasteiger partial charge in [0.1, 0.15) is 18.1 Å². The Hall–Kier alpha value is -4.33. The van der Waals surface area contributed by atoms with E-state index < -0.39 is 23.9 Å². The maximum atomic E-state index is 12.9. The molecule has 12 heteroatoms. The summed E-state index contributed by atoms with van der Waals surface area (Å²) in [6, 6.07) is 12.1. The molecule has 0 spiro atoms. The number of methoxy groups -OCH3 is 2. The number of ether oxygens (including phenoxy) is 3. The number of furan rings is 1. The molecule has 3 aromatic rings. The van der Waals surface area contributed by atoms with E-state index in [-0.39, 0.29) is 35.9 Å². The summed E-state index contributed by atoms with van der Waals surface area (Å²) < 4.78 is 22.0. The zero-order valence-corrected chi connectivity index (χ0v) is 22.3. The summed E-state index contributed by atoms with van der Waals surface area (Å²) in [6.45, 7) is -0.0579. The van der Waals surface area contributed by atoms with Crippen LogP contribution in [-0.2, 0) is 22.7 Å². The number of carbonyl (C=O) groups is 4. The molecule has 0 saturated carbocycles. The molecule has 2 heterocycles. The average molecular weight is 632 g/mol. The summed E-state index contributed by atoms with van der Waals surface area (Å²) in [4.78, 5) is 49.1. The van der Waals surface area contributed by atoms with Crippen LogP contribution in [0.25, 0.3) is 6.08 Å². The molecule has 4 rings (SSSR count). The number of halogens is 1. The van der Waals surface area contributed by atoms with Crippen LogP contribution in [0.1, 0.15) is 37.8 Å². The molecule has 0 bridgehead atoms. The Balaban J connectivity index is 1.50. The predicted molar refractivity (Wildman–Crippen MR) is 141 cm³/mol. The predicted octanol–water partition coefficient (Wildman–Crippen LogP) is 4.05. The number of carbonyl (C=O) groups excluding carboxylic acids is 3. The van der Waals surface area contributed by atoms with Crippen LogP contribution in [0.2, 0.25) is 0 Å². The van der Waals surface area contributed by atoms with Gasteiger partial charge in [-0.3, -0.25) is 9.69 Å². The number of imide groups is 1. The maximum absolute atomic E-state index is 12.9. The molecule has 0 atom stereocenters. The Kier molecular flexibility index (Phi) is 8.00. The number of hydrogen-bond acceptors (Lipinski definition) is 8. The second-order valence-electron chi connectivity index (χ2n) is 7.97. The molecule has 1 saturated heterocycles. The average Bonchev–Trinajstić information content (AvgIpc) is 3.47. The van der Waals surface area contributed by atoms with E-state index in [0.717, 1.165) is 4.90 Å². The summed E-state index contributed by atoms with van der Waals surface area (Å²) >= 11 is 2.06. The Bertz CT molecular complexity index is 1460. The van der Waals surface area contributed by atoms with Crippen molar-refractivity contribution in [2.75, 3.05) is 14.2 Å². The van der Waals surface area contributed by atoms with Crippen LogP contribution < -0.4 is 14.8 Å². The van der Waals surface area contributed by atoms with E-state index in [2.05, 4.69) is 32.6 Å². The van der Waals surface area contributed by atoms with Crippen LogP contribution in [0.15, 0.2) is 58.6 Å². The highest BCUT2D eigenvalue weighted by Gasteiger charge is 2.34. The van der Waals surface area contributed by atoms with Crippen molar-refractivity contribution in [3.05, 3.63) is 86.0 Å². The normalized spacial score (nSPS) is 14.0. The minimum atomic E-state index is -1.03. The number of carboxylic acids is 1. The van der Waals surface area contributed by atoms with Gasteiger partial charge >= 0.3 is 18.0 Å². The zero-order valence-electron chi connectivity index (χ0n) is 20.1. The van der Waals surface area contributed by atoms with Crippen molar-refractivity contribution in [2.45, 2.75) is 13.2 Å². The van der Waals surface area contributed by atoms with Gasteiger partial charge in [0.2, 0.25) is 5.76 Å². The minimum Gasteiger partial charge on any atom is -0.493 e. The number of aromatic carboxylic acids is 1. The van der Waals surface area contributed by atoms with Crippen LogP contribution in [0.3, 0.4) is 0 Å². The quantitative estimate of drug-likeness (QED) is 0.155. The third kappa shape index (κ3) is 5.80. The lowest BCUT2D eigenvalue weighted by Gasteiger charge is -2.14. The summed E-state index contributed by atoms with van der Waals surface area (Å²) in [5, 5.41) is 11.7. The fourth-order valence-electron chi connectivity index (χ4n) is 3.62. The Labute approximate surface area is 230 Å². The van der Waals surface area contributed by atoms with E-state index in [1.54, 1.807) is 24.3 Å². The van der Waals surface area contributed by atoms with Gasteiger partial charge in [0.25, 0.3) is 5.91 Å². The molecule has 1 fully saturated rings. The molecule has 0 radical (unpaired) electrons. The van der Waals surface area contributed by atoms with Gasteiger partial charge in [0.05, 0.1) is 29.9 Å². The number of hydrogen-bond donors (Lipinski definition) is 2. The molecule has 1 aromatic heterocycles. The Morgan fingerprint density at radius 2 is 1.92 bits per heavy atom. The van der Waals surface area contributed by atoms with Gasteiger partial charge < -0.3 is 29.1 Å². The molecule has 2 aromatic carbocycles. The van der Waals surface area contributed by atoms with Crippen LogP contribution in [0.5, 0.6) is 11.5 Å². The molecular weight excluding hydrogens is 611 g/mol. The molecular formula is C26H21IN2O9. The second-order valence-corrected chi connectivity index (χ2v) is 9.13. The third-order valence-electron chi connectivity index (χ3n) is 5.44. The van der Waals surface area contributed by atoms with E-state index in [1.165, 1.54) is 44.6 Å². The number of rotatable bonds is 9. The number of nitrogens with zero attached hydrogens (tertiary/aromatic N) is 1. The highest BCUT2D eigenvalue weighted by Crippen LogP contribution is 2.35. The fraction of sp³-hybridized carbons (Fsp3) is 0.154. The monoisotopic (exact) mass is 632 g/mol. The fourth-order valence-corrected chi connectivity index (χ4v) is 4.40. The number of urea groups is 1. The lowest BCUT2D eigenvalue weighted by atomic mass is 10.1. The topological polar surface area (TPSA) is 145 Å². The van der Waals surface area contributed by atoms with E-state index in [0.29, 0.717) is 26.2 Å². The molecule has 1 aliphatic heterocycles. The van der Waals surface area contributed by atoms with Crippen molar-refractivity contribution in [1.29, 1.82) is 0 Å². The molecule has 11 nitrogen and oxygen atoms in total.